The fourth-order valence-corrected chi connectivity index (χ4v) is 4.12. The first-order valence-electron chi connectivity index (χ1n) is 8.99. The molecule has 2 aliphatic carbocycles. The first-order valence-corrected chi connectivity index (χ1v) is 8.99. The van der Waals surface area contributed by atoms with E-state index in [4.69, 9.17) is 0 Å². The zero-order valence-corrected chi connectivity index (χ0v) is 14.3. The molecule has 0 aromatic heterocycles. The van der Waals surface area contributed by atoms with Crippen LogP contribution in [0.4, 0.5) is 0 Å². The summed E-state index contributed by atoms with van der Waals surface area (Å²) >= 11 is 0. The molecule has 2 aliphatic rings. The molecule has 0 bridgehead atoms. The molecular weight excluding hydrogens is 244 g/mol. The maximum Gasteiger partial charge on any atom is 0.00965 e. The SMILES string of the molecule is CCN(CC1(CNCC(C)C)CCCC(C)C1)C1CC1. The molecule has 2 fully saturated rings. The van der Waals surface area contributed by atoms with Crippen LogP contribution in [0, 0.1) is 17.3 Å². The van der Waals surface area contributed by atoms with Crippen LogP contribution in [0.2, 0.25) is 0 Å². The smallest absolute Gasteiger partial charge is 0.00965 e. The molecule has 20 heavy (non-hydrogen) atoms. The Morgan fingerprint density at radius 3 is 2.55 bits per heavy atom. The van der Waals surface area contributed by atoms with E-state index in [0.717, 1.165) is 17.9 Å². The van der Waals surface area contributed by atoms with Crippen LogP contribution in [-0.2, 0) is 0 Å². The van der Waals surface area contributed by atoms with E-state index in [9.17, 15) is 0 Å². The molecule has 2 unspecified atom stereocenters. The molecule has 2 heteroatoms. The lowest BCUT2D eigenvalue weighted by Crippen LogP contribution is -2.47. The first-order chi connectivity index (χ1) is 9.54. The van der Waals surface area contributed by atoms with Crippen LogP contribution in [0.1, 0.15) is 66.2 Å². The van der Waals surface area contributed by atoms with Gasteiger partial charge in [-0.2, -0.15) is 0 Å². The summed E-state index contributed by atoms with van der Waals surface area (Å²) in [4.78, 5) is 2.77. The molecule has 2 atom stereocenters. The Kier molecular flexibility index (Phi) is 5.92. The molecule has 118 valence electrons. The number of hydrogen-bond donors (Lipinski definition) is 1. The maximum absolute atomic E-state index is 3.78. The standard InChI is InChI=1S/C18H36N2/c1-5-20(17-8-9-17)14-18(13-19-12-15(2)3)10-6-7-16(4)11-18/h15-17,19H,5-14H2,1-4H3. The van der Waals surface area contributed by atoms with Gasteiger partial charge in [0.15, 0.2) is 0 Å². The number of nitrogens with one attached hydrogen (secondary N) is 1. The van der Waals surface area contributed by atoms with Crippen LogP contribution < -0.4 is 5.32 Å². The van der Waals surface area contributed by atoms with E-state index in [2.05, 4.69) is 37.9 Å². The van der Waals surface area contributed by atoms with Crippen molar-refractivity contribution in [3.63, 3.8) is 0 Å². The minimum Gasteiger partial charge on any atom is -0.316 e. The van der Waals surface area contributed by atoms with Crippen LogP contribution in [0.15, 0.2) is 0 Å². The van der Waals surface area contributed by atoms with Gasteiger partial charge in [0.2, 0.25) is 0 Å². The molecule has 2 saturated carbocycles. The Bertz CT molecular complexity index is 285. The molecule has 0 saturated heterocycles. The monoisotopic (exact) mass is 280 g/mol. The molecule has 2 nitrogen and oxygen atoms in total. The van der Waals surface area contributed by atoms with Crippen LogP contribution >= 0.6 is 0 Å². The summed E-state index contributed by atoms with van der Waals surface area (Å²) in [6.45, 7) is 14.4. The van der Waals surface area contributed by atoms with Crippen molar-refractivity contribution in [3.8, 4) is 0 Å². The fourth-order valence-electron chi connectivity index (χ4n) is 4.12. The van der Waals surface area contributed by atoms with Crippen molar-refractivity contribution in [2.75, 3.05) is 26.2 Å². The summed E-state index contributed by atoms with van der Waals surface area (Å²) in [7, 11) is 0. The van der Waals surface area contributed by atoms with Gasteiger partial charge >= 0.3 is 0 Å². The van der Waals surface area contributed by atoms with Crippen molar-refractivity contribution in [2.24, 2.45) is 17.3 Å². The molecule has 2 rings (SSSR count). The molecule has 0 amide bonds. The lowest BCUT2D eigenvalue weighted by molar-refractivity contribution is 0.0779. The molecule has 1 N–H and O–H groups in total. The second-order valence-corrected chi connectivity index (χ2v) is 8.02. The zero-order chi connectivity index (χ0) is 14.6. The quantitative estimate of drug-likeness (QED) is 0.725. The topological polar surface area (TPSA) is 15.3 Å². The summed E-state index contributed by atoms with van der Waals surface area (Å²) in [5, 5.41) is 3.78. The fraction of sp³-hybridized carbons (Fsp3) is 1.00. The highest BCUT2D eigenvalue weighted by atomic mass is 15.2. The predicted octanol–water partition coefficient (Wildman–Crippen LogP) is 3.91. The lowest BCUT2D eigenvalue weighted by Gasteiger charge is -2.44. The van der Waals surface area contributed by atoms with Gasteiger partial charge in [0.05, 0.1) is 0 Å². The van der Waals surface area contributed by atoms with Crippen LogP contribution in [-0.4, -0.2) is 37.1 Å². The van der Waals surface area contributed by atoms with E-state index < -0.39 is 0 Å². The minimum atomic E-state index is 0.547. The van der Waals surface area contributed by atoms with Crippen LogP contribution in [0.3, 0.4) is 0 Å². The number of nitrogens with zero attached hydrogens (tertiary/aromatic N) is 1. The van der Waals surface area contributed by atoms with Gasteiger partial charge in [-0.15, -0.1) is 0 Å². The van der Waals surface area contributed by atoms with E-state index in [1.54, 1.807) is 0 Å². The third kappa shape index (κ3) is 4.73. The highest BCUT2D eigenvalue weighted by Gasteiger charge is 2.39. The highest BCUT2D eigenvalue weighted by molar-refractivity contribution is 4.94. The van der Waals surface area contributed by atoms with Crippen LogP contribution in [0.5, 0.6) is 0 Å². The van der Waals surface area contributed by atoms with Gasteiger partial charge in [-0.05, 0) is 56.0 Å². The molecular formula is C18H36N2. The average molecular weight is 280 g/mol. The normalized spacial score (nSPS) is 31.2. The summed E-state index contributed by atoms with van der Waals surface area (Å²) in [6, 6.07) is 0.916. The van der Waals surface area contributed by atoms with Crippen molar-refractivity contribution >= 4 is 0 Å². The molecule has 0 aliphatic heterocycles. The van der Waals surface area contributed by atoms with Gasteiger partial charge in [0.25, 0.3) is 0 Å². The third-order valence-corrected chi connectivity index (χ3v) is 5.25. The first kappa shape index (κ1) is 16.3. The molecule has 0 aromatic rings. The second-order valence-electron chi connectivity index (χ2n) is 8.02. The highest BCUT2D eigenvalue weighted by Crippen LogP contribution is 2.41. The molecule has 0 spiro atoms. The van der Waals surface area contributed by atoms with Crippen molar-refractivity contribution < 1.29 is 0 Å². The number of rotatable bonds is 8. The minimum absolute atomic E-state index is 0.547. The average Bonchev–Trinajstić information content (AvgIpc) is 3.20. The van der Waals surface area contributed by atoms with Gasteiger partial charge in [0, 0.05) is 19.1 Å². The van der Waals surface area contributed by atoms with Crippen molar-refractivity contribution in [1.29, 1.82) is 0 Å². The Hall–Kier alpha value is -0.0800. The van der Waals surface area contributed by atoms with Crippen molar-refractivity contribution in [1.82, 2.24) is 10.2 Å². The summed E-state index contributed by atoms with van der Waals surface area (Å²) in [6.07, 6.45) is 8.64. The second kappa shape index (κ2) is 7.26. The Balaban J connectivity index is 1.94. The summed E-state index contributed by atoms with van der Waals surface area (Å²) in [5.74, 6) is 1.68. The largest absolute Gasteiger partial charge is 0.316 e. The van der Waals surface area contributed by atoms with E-state index >= 15 is 0 Å². The Labute approximate surface area is 126 Å². The van der Waals surface area contributed by atoms with Gasteiger partial charge < -0.3 is 10.2 Å². The Morgan fingerprint density at radius 2 is 2.00 bits per heavy atom. The predicted molar refractivity (Wildman–Crippen MR) is 88.0 cm³/mol. The lowest BCUT2D eigenvalue weighted by atomic mass is 9.69. The summed E-state index contributed by atoms with van der Waals surface area (Å²) in [5.41, 5.74) is 0.547. The zero-order valence-electron chi connectivity index (χ0n) is 14.3. The molecule has 0 aromatic carbocycles. The Morgan fingerprint density at radius 1 is 1.25 bits per heavy atom. The van der Waals surface area contributed by atoms with E-state index in [0.29, 0.717) is 5.41 Å². The van der Waals surface area contributed by atoms with Gasteiger partial charge in [-0.3, -0.25) is 0 Å². The summed E-state index contributed by atoms with van der Waals surface area (Å²) < 4.78 is 0. The molecule has 0 radical (unpaired) electrons. The van der Waals surface area contributed by atoms with Gasteiger partial charge in [-0.1, -0.05) is 40.5 Å². The molecule has 0 heterocycles. The van der Waals surface area contributed by atoms with Crippen molar-refractivity contribution in [2.45, 2.75) is 72.3 Å². The number of hydrogen-bond acceptors (Lipinski definition) is 2. The maximum atomic E-state index is 3.78. The van der Waals surface area contributed by atoms with Gasteiger partial charge in [-0.25, -0.2) is 0 Å². The van der Waals surface area contributed by atoms with Crippen molar-refractivity contribution in [3.05, 3.63) is 0 Å². The van der Waals surface area contributed by atoms with E-state index in [1.165, 1.54) is 64.7 Å². The van der Waals surface area contributed by atoms with Gasteiger partial charge in [0.1, 0.15) is 0 Å². The van der Waals surface area contributed by atoms with E-state index in [-0.39, 0.29) is 0 Å². The van der Waals surface area contributed by atoms with Crippen LogP contribution in [0.25, 0.3) is 0 Å². The van der Waals surface area contributed by atoms with E-state index in [1.807, 2.05) is 0 Å². The third-order valence-electron chi connectivity index (χ3n) is 5.25.